The van der Waals surface area contributed by atoms with Crippen LogP contribution in [0.2, 0.25) is 0 Å². The molecule has 1 aromatic heterocycles. The summed E-state index contributed by atoms with van der Waals surface area (Å²) >= 11 is 0. The van der Waals surface area contributed by atoms with Gasteiger partial charge in [-0.2, -0.15) is 5.10 Å². The number of aromatic nitrogens is 2. The topological polar surface area (TPSA) is 84.3 Å². The lowest BCUT2D eigenvalue weighted by Gasteiger charge is -2.18. The Labute approximate surface area is 173 Å². The zero-order valence-electron chi connectivity index (χ0n) is 17.1. The molecule has 0 saturated heterocycles. The lowest BCUT2D eigenvalue weighted by molar-refractivity contribution is -0.116. The summed E-state index contributed by atoms with van der Waals surface area (Å²) < 4.78 is 14.3. The third-order valence-corrected chi connectivity index (χ3v) is 4.46. The molecule has 0 unspecified atom stereocenters. The first-order chi connectivity index (χ1) is 14.3. The number of hydrogen-bond donors (Lipinski definition) is 1. The van der Waals surface area contributed by atoms with Gasteiger partial charge >= 0.3 is 0 Å². The third kappa shape index (κ3) is 4.71. The summed E-state index contributed by atoms with van der Waals surface area (Å²) in [5.74, 6) is -1.15. The second kappa shape index (κ2) is 8.86. The molecule has 0 aliphatic carbocycles. The van der Waals surface area contributed by atoms with E-state index in [4.69, 9.17) is 0 Å². The van der Waals surface area contributed by atoms with Crippen molar-refractivity contribution in [2.24, 2.45) is 5.92 Å². The summed E-state index contributed by atoms with van der Waals surface area (Å²) in [6, 6.07) is 12.1. The highest BCUT2D eigenvalue weighted by Gasteiger charge is 2.21. The number of carbonyl (C=O) groups excluding carboxylic acids is 2. The largest absolute Gasteiger partial charge is 0.331 e. The molecule has 3 aromatic rings. The van der Waals surface area contributed by atoms with E-state index in [2.05, 4.69) is 10.4 Å². The Balaban J connectivity index is 1.86. The van der Waals surface area contributed by atoms with Crippen molar-refractivity contribution in [2.45, 2.75) is 20.4 Å². The normalized spacial score (nSPS) is 11.0. The predicted molar refractivity (Wildman–Crippen MR) is 113 cm³/mol. The third-order valence-electron chi connectivity index (χ3n) is 4.46. The van der Waals surface area contributed by atoms with Gasteiger partial charge in [-0.15, -0.1) is 0 Å². The van der Waals surface area contributed by atoms with E-state index < -0.39 is 17.6 Å². The molecule has 2 amide bonds. The molecule has 2 aromatic carbocycles. The first-order valence-corrected chi connectivity index (χ1v) is 9.57. The lowest BCUT2D eigenvalue weighted by atomic mass is 10.1. The fraction of sp³-hybridized carbons (Fsp3) is 0.273. The van der Waals surface area contributed by atoms with Crippen LogP contribution in [0.3, 0.4) is 0 Å². The molecular formula is C22H23FN4O3. The summed E-state index contributed by atoms with van der Waals surface area (Å²) in [4.78, 5) is 39.3. The van der Waals surface area contributed by atoms with Gasteiger partial charge in [0.25, 0.3) is 11.5 Å². The number of nitrogens with zero attached hydrogens (tertiary/aromatic N) is 3. The van der Waals surface area contributed by atoms with Gasteiger partial charge in [0.15, 0.2) is 5.69 Å². The van der Waals surface area contributed by atoms with Crippen LogP contribution in [-0.2, 0) is 11.3 Å². The van der Waals surface area contributed by atoms with E-state index in [-0.39, 0.29) is 23.7 Å². The van der Waals surface area contributed by atoms with Crippen LogP contribution < -0.4 is 10.9 Å². The summed E-state index contributed by atoms with van der Waals surface area (Å²) in [6.07, 6.45) is 0. The van der Waals surface area contributed by atoms with Crippen LogP contribution in [0.4, 0.5) is 10.1 Å². The number of nitrogens with one attached hydrogen (secondary N) is 1. The second-order valence-electron chi connectivity index (χ2n) is 7.49. The molecule has 0 atom stereocenters. The second-order valence-corrected chi connectivity index (χ2v) is 7.49. The number of anilines is 1. The standard InChI is InChI=1S/C22H23FN4O3/c1-14(2)12-27-21(29)18-7-5-4-6-17(18)20(25-27)22(30)26(3)13-19(28)24-16-10-8-15(23)9-11-16/h4-11,14H,12-13H2,1-3H3,(H,24,28). The zero-order valence-corrected chi connectivity index (χ0v) is 17.1. The van der Waals surface area contributed by atoms with Gasteiger partial charge < -0.3 is 10.2 Å². The van der Waals surface area contributed by atoms with Crippen molar-refractivity contribution < 1.29 is 14.0 Å². The van der Waals surface area contributed by atoms with E-state index in [1.165, 1.54) is 40.9 Å². The van der Waals surface area contributed by atoms with Crippen molar-refractivity contribution in [3.8, 4) is 0 Å². The van der Waals surface area contributed by atoms with Crippen LogP contribution in [0.25, 0.3) is 10.8 Å². The van der Waals surface area contributed by atoms with Crippen LogP contribution in [-0.4, -0.2) is 40.1 Å². The Morgan fingerprint density at radius 2 is 1.73 bits per heavy atom. The molecule has 0 aliphatic heterocycles. The van der Waals surface area contributed by atoms with Gasteiger partial charge in [0, 0.05) is 24.7 Å². The molecule has 156 valence electrons. The maximum atomic E-state index is 13.1. The van der Waals surface area contributed by atoms with Crippen LogP contribution in [0.5, 0.6) is 0 Å². The minimum absolute atomic E-state index is 0.114. The Hall–Kier alpha value is -3.55. The fourth-order valence-corrected chi connectivity index (χ4v) is 3.06. The van der Waals surface area contributed by atoms with Crippen LogP contribution in [0.1, 0.15) is 24.3 Å². The number of amides is 2. The first kappa shape index (κ1) is 21.2. The molecule has 0 radical (unpaired) electrons. The molecule has 3 rings (SSSR count). The van der Waals surface area contributed by atoms with Crippen LogP contribution in [0, 0.1) is 11.7 Å². The molecule has 1 N–H and O–H groups in total. The van der Waals surface area contributed by atoms with Crippen molar-refractivity contribution in [3.05, 3.63) is 70.4 Å². The molecule has 1 heterocycles. The molecule has 7 nitrogen and oxygen atoms in total. The van der Waals surface area contributed by atoms with Crippen molar-refractivity contribution in [1.29, 1.82) is 0 Å². The smallest absolute Gasteiger partial charge is 0.275 e. The molecule has 30 heavy (non-hydrogen) atoms. The van der Waals surface area contributed by atoms with Gasteiger partial charge in [-0.05, 0) is 36.2 Å². The summed E-state index contributed by atoms with van der Waals surface area (Å²) in [5, 5.41) is 7.76. The summed E-state index contributed by atoms with van der Waals surface area (Å²) in [5.41, 5.74) is 0.284. The van der Waals surface area contributed by atoms with Crippen LogP contribution in [0.15, 0.2) is 53.3 Å². The maximum absolute atomic E-state index is 13.1. The molecule has 0 fully saturated rings. The zero-order chi connectivity index (χ0) is 21.8. The molecule has 0 spiro atoms. The number of likely N-dealkylation sites (N-methyl/N-ethyl adjacent to an activating group) is 1. The first-order valence-electron chi connectivity index (χ1n) is 9.57. The molecule has 0 aliphatic rings. The number of fused-ring (bicyclic) bond motifs is 1. The van der Waals surface area contributed by atoms with E-state index in [1.54, 1.807) is 24.3 Å². The molecule has 0 saturated carbocycles. The van der Waals surface area contributed by atoms with Crippen LogP contribution >= 0.6 is 0 Å². The van der Waals surface area contributed by atoms with Crippen molar-refractivity contribution >= 4 is 28.3 Å². The predicted octanol–water partition coefficient (Wildman–Crippen LogP) is 2.90. The number of carbonyl (C=O) groups is 2. The van der Waals surface area contributed by atoms with E-state index >= 15 is 0 Å². The van der Waals surface area contributed by atoms with Gasteiger partial charge in [-0.1, -0.05) is 32.0 Å². The Morgan fingerprint density at radius 1 is 1.10 bits per heavy atom. The monoisotopic (exact) mass is 410 g/mol. The molecule has 0 bridgehead atoms. The quantitative estimate of drug-likeness (QED) is 0.677. The van der Waals surface area contributed by atoms with Gasteiger partial charge in [0.05, 0.1) is 11.9 Å². The lowest BCUT2D eigenvalue weighted by Crippen LogP contribution is -2.37. The van der Waals surface area contributed by atoms with Crippen molar-refractivity contribution in [1.82, 2.24) is 14.7 Å². The summed E-state index contributed by atoms with van der Waals surface area (Å²) in [6.45, 7) is 4.06. The average molecular weight is 410 g/mol. The highest BCUT2D eigenvalue weighted by molar-refractivity contribution is 6.06. The highest BCUT2D eigenvalue weighted by Crippen LogP contribution is 2.16. The van der Waals surface area contributed by atoms with E-state index in [0.29, 0.717) is 23.0 Å². The Bertz CT molecular complexity index is 1140. The Morgan fingerprint density at radius 3 is 2.37 bits per heavy atom. The molecular weight excluding hydrogens is 387 g/mol. The maximum Gasteiger partial charge on any atom is 0.275 e. The van der Waals surface area contributed by atoms with Gasteiger partial charge in [-0.3, -0.25) is 14.4 Å². The van der Waals surface area contributed by atoms with E-state index in [0.717, 1.165) is 0 Å². The van der Waals surface area contributed by atoms with Gasteiger partial charge in [0.2, 0.25) is 5.91 Å². The van der Waals surface area contributed by atoms with E-state index in [1.807, 2.05) is 13.8 Å². The molecule has 8 heteroatoms. The number of hydrogen-bond acceptors (Lipinski definition) is 4. The number of halogens is 1. The van der Waals surface area contributed by atoms with Crippen molar-refractivity contribution in [3.63, 3.8) is 0 Å². The highest BCUT2D eigenvalue weighted by atomic mass is 19.1. The number of rotatable bonds is 6. The minimum atomic E-state index is -0.474. The average Bonchev–Trinajstić information content (AvgIpc) is 2.71. The number of benzene rings is 2. The summed E-state index contributed by atoms with van der Waals surface area (Å²) in [7, 11) is 1.49. The van der Waals surface area contributed by atoms with Gasteiger partial charge in [0.1, 0.15) is 5.82 Å². The van der Waals surface area contributed by atoms with Crippen molar-refractivity contribution in [2.75, 3.05) is 18.9 Å². The Kier molecular flexibility index (Phi) is 6.25. The van der Waals surface area contributed by atoms with E-state index in [9.17, 15) is 18.8 Å². The van der Waals surface area contributed by atoms with Gasteiger partial charge in [-0.25, -0.2) is 9.07 Å². The minimum Gasteiger partial charge on any atom is -0.331 e. The fourth-order valence-electron chi connectivity index (χ4n) is 3.06. The SMILES string of the molecule is CC(C)Cn1nc(C(=O)N(C)CC(=O)Nc2ccc(F)cc2)c2ccccc2c1=O.